The van der Waals surface area contributed by atoms with E-state index in [1.54, 1.807) is 0 Å². The van der Waals surface area contributed by atoms with E-state index in [-0.39, 0.29) is 40.0 Å². The van der Waals surface area contributed by atoms with Crippen molar-refractivity contribution in [2.75, 3.05) is 0 Å². The van der Waals surface area contributed by atoms with Crippen molar-refractivity contribution in [3.05, 3.63) is 30.6 Å². The first-order valence-corrected chi connectivity index (χ1v) is 1.10. The van der Waals surface area contributed by atoms with Gasteiger partial charge in [-0.05, 0) is 0 Å². The van der Waals surface area contributed by atoms with E-state index >= 15 is 0 Å². The summed E-state index contributed by atoms with van der Waals surface area (Å²) in [6.45, 7) is 0. The number of hydrogen-bond acceptors (Lipinski definition) is 8. The molecule has 0 aromatic carbocycles. The Bertz CT molecular complexity index is 72.6. The van der Waals surface area contributed by atoms with Crippen LogP contribution in [0.5, 0.6) is 0 Å². The van der Waals surface area contributed by atoms with Crippen molar-refractivity contribution < 1.29 is 37.8 Å². The molecule has 11 heteroatoms. The van der Waals surface area contributed by atoms with Crippen molar-refractivity contribution in [3.63, 3.8) is 0 Å². The Morgan fingerprint density at radius 3 is 0.727 bits per heavy atom. The van der Waals surface area contributed by atoms with Crippen molar-refractivity contribution in [3.8, 4) is 0 Å². The van der Waals surface area contributed by atoms with Gasteiger partial charge in [0.25, 0.3) is 0 Å². The second kappa shape index (κ2) is 22.8. The van der Waals surface area contributed by atoms with E-state index in [9.17, 15) is 0 Å². The van der Waals surface area contributed by atoms with E-state index in [0.29, 0.717) is 0 Å². The molecule has 0 spiro atoms. The fraction of sp³-hybridized carbons (Fsp3) is 0. The SMILES string of the molecule is N.N.O=[N+]([O-])[O-].O=[N+]([O-])[O-].[Hg+2]. The Morgan fingerprint density at radius 1 is 0.727 bits per heavy atom. The van der Waals surface area contributed by atoms with Gasteiger partial charge in [-0.3, -0.25) is 0 Å². The number of rotatable bonds is 0. The van der Waals surface area contributed by atoms with Crippen molar-refractivity contribution in [2.45, 2.75) is 0 Å². The summed E-state index contributed by atoms with van der Waals surface area (Å²) in [5.41, 5.74) is 0. The van der Waals surface area contributed by atoms with Gasteiger partial charge >= 0.3 is 27.7 Å². The van der Waals surface area contributed by atoms with Gasteiger partial charge in [-0.25, -0.2) is 0 Å². The third kappa shape index (κ3) is 878. The summed E-state index contributed by atoms with van der Waals surface area (Å²) in [5, 5.41) is 29.5. The molecule has 64 valence electrons. The van der Waals surface area contributed by atoms with E-state index in [2.05, 4.69) is 0 Å². The molecule has 0 amide bonds. The molecule has 0 rings (SSSR count). The largest absolute Gasteiger partial charge is 2.00 e. The first-order valence-electron chi connectivity index (χ1n) is 1.10. The monoisotopic (exact) mass is 360 g/mol. The zero-order valence-corrected chi connectivity index (χ0v) is 11.0. The van der Waals surface area contributed by atoms with Crippen LogP contribution in [-0.4, -0.2) is 10.2 Å². The smallest absolute Gasteiger partial charge is 0.356 e. The second-order valence-corrected chi connectivity index (χ2v) is 0.447. The molecule has 0 unspecified atom stereocenters. The van der Waals surface area contributed by atoms with Crippen molar-refractivity contribution in [2.24, 2.45) is 0 Å². The maximum atomic E-state index is 8.25. The van der Waals surface area contributed by atoms with E-state index in [1.807, 2.05) is 0 Å². The molecule has 0 aromatic heterocycles. The van der Waals surface area contributed by atoms with Crippen LogP contribution in [0.4, 0.5) is 0 Å². The summed E-state index contributed by atoms with van der Waals surface area (Å²) in [6, 6.07) is 0. The van der Waals surface area contributed by atoms with E-state index < -0.39 is 10.2 Å². The average molecular weight is 359 g/mol. The van der Waals surface area contributed by atoms with Gasteiger partial charge in [0.15, 0.2) is 0 Å². The fourth-order valence-corrected chi connectivity index (χ4v) is 0. The summed E-state index contributed by atoms with van der Waals surface area (Å²) in [7, 11) is 0. The van der Waals surface area contributed by atoms with Gasteiger partial charge in [-0.1, -0.05) is 0 Å². The molecule has 0 radical (unpaired) electrons. The fourth-order valence-electron chi connectivity index (χ4n) is 0. The van der Waals surface area contributed by atoms with Gasteiger partial charge in [0.2, 0.25) is 0 Å². The minimum atomic E-state index is -1.75. The van der Waals surface area contributed by atoms with Gasteiger partial charge in [-0.2, -0.15) is 0 Å². The quantitative estimate of drug-likeness (QED) is 0.337. The van der Waals surface area contributed by atoms with Crippen LogP contribution < -0.4 is 12.3 Å². The topological polar surface area (TPSA) is 202 Å². The third-order valence-electron chi connectivity index (χ3n) is 0. The van der Waals surface area contributed by atoms with Crippen molar-refractivity contribution in [1.82, 2.24) is 12.3 Å². The molecule has 0 heterocycles. The standard InChI is InChI=1S/Hg.2NO3.2H3N/c;2*2-1(3)4;;/h;;;2*1H3/q+2;2*-1;;. The third-order valence-corrected chi connectivity index (χ3v) is 0. The minimum absolute atomic E-state index is 0. The zero-order valence-electron chi connectivity index (χ0n) is 5.47. The van der Waals surface area contributed by atoms with Crippen LogP contribution in [0.15, 0.2) is 0 Å². The van der Waals surface area contributed by atoms with Gasteiger partial charge in [0.05, 0.1) is 10.2 Å². The summed E-state index contributed by atoms with van der Waals surface area (Å²) in [4.78, 5) is 16.5. The first-order chi connectivity index (χ1) is 3.46. The van der Waals surface area contributed by atoms with Crippen LogP contribution >= 0.6 is 0 Å². The van der Waals surface area contributed by atoms with Crippen LogP contribution in [0.3, 0.4) is 0 Å². The Hall–Kier alpha value is -0.745. The molecule has 0 atom stereocenters. The summed E-state index contributed by atoms with van der Waals surface area (Å²) in [6.07, 6.45) is 0. The maximum Gasteiger partial charge on any atom is 2.00 e. The predicted octanol–water partition coefficient (Wildman–Crippen LogP) is -0.157. The molecule has 10 nitrogen and oxygen atoms in total. The normalized spacial score (nSPS) is 4.36. The van der Waals surface area contributed by atoms with Crippen LogP contribution in [-0.2, 0) is 27.7 Å². The van der Waals surface area contributed by atoms with Crippen LogP contribution in [0.2, 0.25) is 0 Å². The van der Waals surface area contributed by atoms with E-state index in [1.165, 1.54) is 0 Å². The van der Waals surface area contributed by atoms with Crippen LogP contribution in [0, 0.1) is 30.6 Å². The summed E-state index contributed by atoms with van der Waals surface area (Å²) in [5.74, 6) is 0. The molecular formula is H6HgN4O6. The van der Waals surface area contributed by atoms with Crippen LogP contribution in [0.25, 0.3) is 0 Å². The second-order valence-electron chi connectivity index (χ2n) is 0.447. The van der Waals surface area contributed by atoms with Crippen molar-refractivity contribution >= 4 is 0 Å². The molecule has 0 aliphatic heterocycles. The van der Waals surface area contributed by atoms with Gasteiger partial charge in [-0.15, -0.1) is 0 Å². The van der Waals surface area contributed by atoms with E-state index in [4.69, 9.17) is 30.6 Å². The molecule has 0 bridgehead atoms. The molecule has 11 heavy (non-hydrogen) atoms. The Labute approximate surface area is 81.1 Å². The molecule has 0 aliphatic rings. The number of nitrogens with zero attached hydrogens (tertiary/aromatic N) is 2. The average Bonchev–Trinajstić information content (AvgIpc) is 1.25. The molecule has 0 saturated heterocycles. The van der Waals surface area contributed by atoms with E-state index in [0.717, 1.165) is 0 Å². The van der Waals surface area contributed by atoms with Gasteiger partial charge < -0.3 is 42.9 Å². The van der Waals surface area contributed by atoms with Gasteiger partial charge in [0, 0.05) is 0 Å². The van der Waals surface area contributed by atoms with Crippen LogP contribution in [0.1, 0.15) is 0 Å². The Balaban J connectivity index is -0.0000000171. The first kappa shape index (κ1) is 31.8. The summed E-state index contributed by atoms with van der Waals surface area (Å²) >= 11 is 0. The number of hydrogen-bond donors (Lipinski definition) is 2. The molecule has 0 aliphatic carbocycles. The molecular weight excluding hydrogens is 353 g/mol. The molecule has 0 fully saturated rings. The molecule has 0 saturated carbocycles. The Kier molecular flexibility index (Phi) is 66.0. The molecule has 0 aromatic rings. The zero-order chi connectivity index (χ0) is 7.15. The predicted molar refractivity (Wildman–Crippen MR) is 30.8 cm³/mol. The maximum absolute atomic E-state index is 8.25. The van der Waals surface area contributed by atoms with Gasteiger partial charge in [0.1, 0.15) is 0 Å². The Morgan fingerprint density at radius 2 is 0.727 bits per heavy atom. The van der Waals surface area contributed by atoms with Crippen molar-refractivity contribution in [1.29, 1.82) is 0 Å². The molecule has 6 N–H and O–H groups in total. The summed E-state index contributed by atoms with van der Waals surface area (Å²) < 4.78 is 0. The minimum Gasteiger partial charge on any atom is -0.356 e.